The van der Waals surface area contributed by atoms with Crippen LogP contribution in [0.4, 0.5) is 5.69 Å². The Morgan fingerprint density at radius 3 is 2.18 bits per heavy atom. The molecule has 1 heterocycles. The zero-order valence-electron chi connectivity index (χ0n) is 17.2. The number of unbranched alkanes of at least 4 members (excludes halogenated alkanes) is 7. The van der Waals surface area contributed by atoms with Gasteiger partial charge in [0, 0.05) is 23.3 Å². The molecule has 0 spiro atoms. The van der Waals surface area contributed by atoms with Gasteiger partial charge in [-0.3, -0.25) is 9.54 Å². The predicted octanol–water partition coefficient (Wildman–Crippen LogP) is 5.31. The molecule has 0 aliphatic carbocycles. The minimum atomic E-state index is -3.67. The zero-order valence-corrected chi connectivity index (χ0v) is 18.1. The maximum Gasteiger partial charge on any atom is 0.261 e. The number of aromatic hydroxyl groups is 1. The highest BCUT2D eigenvalue weighted by Crippen LogP contribution is 2.26. The summed E-state index contributed by atoms with van der Waals surface area (Å²) >= 11 is 0. The smallest absolute Gasteiger partial charge is 0.261 e. The molecule has 28 heavy (non-hydrogen) atoms. The van der Waals surface area contributed by atoms with Gasteiger partial charge in [-0.15, -0.1) is 0 Å². The van der Waals surface area contributed by atoms with Crippen molar-refractivity contribution in [1.82, 2.24) is 4.98 Å². The van der Waals surface area contributed by atoms with Crippen LogP contribution >= 0.6 is 0 Å². The van der Waals surface area contributed by atoms with Crippen molar-refractivity contribution in [3.63, 3.8) is 0 Å². The van der Waals surface area contributed by atoms with Gasteiger partial charge in [0.1, 0.15) is 5.75 Å². The van der Waals surface area contributed by atoms with Crippen LogP contribution in [-0.2, 0) is 10.1 Å². The number of hydrogen-bond acceptors (Lipinski definition) is 5. The molecule has 1 aromatic carbocycles. The quantitative estimate of drug-likeness (QED) is 0.363. The molecule has 0 fully saturated rings. The molecule has 0 aliphatic rings. The largest absolute Gasteiger partial charge is 0.508 e. The molecule has 0 bridgehead atoms. The molecule has 7 heteroatoms. The Labute approximate surface area is 169 Å². The van der Waals surface area contributed by atoms with E-state index < -0.39 is 10.1 Å². The number of phenolic OH excluding ortho intramolecular Hbond substituents is 1. The number of fused-ring (bicyclic) bond motifs is 1. The number of aryl methyl sites for hydroxylation is 1. The van der Waals surface area contributed by atoms with Crippen molar-refractivity contribution in [2.45, 2.75) is 65.2 Å². The molecule has 1 aromatic heterocycles. The first-order chi connectivity index (χ1) is 13.2. The molecule has 0 aliphatic heterocycles. The van der Waals surface area contributed by atoms with Crippen molar-refractivity contribution in [1.29, 1.82) is 0 Å². The summed E-state index contributed by atoms with van der Waals surface area (Å²) in [5.74, 6) is 0.290. The van der Waals surface area contributed by atoms with E-state index in [2.05, 4.69) is 23.3 Å². The summed E-state index contributed by atoms with van der Waals surface area (Å²) in [5, 5.41) is 14.2. The highest BCUT2D eigenvalue weighted by molar-refractivity contribution is 7.85. The molecule has 0 atom stereocenters. The van der Waals surface area contributed by atoms with Crippen LogP contribution in [0.5, 0.6) is 5.75 Å². The molecule has 3 N–H and O–H groups in total. The van der Waals surface area contributed by atoms with Crippen LogP contribution in [0.15, 0.2) is 24.3 Å². The van der Waals surface area contributed by atoms with Gasteiger partial charge in [0.2, 0.25) is 0 Å². The number of anilines is 1. The molecule has 0 amide bonds. The Morgan fingerprint density at radius 2 is 1.57 bits per heavy atom. The summed E-state index contributed by atoms with van der Waals surface area (Å²) in [6.07, 6.45) is 11.4. The van der Waals surface area contributed by atoms with Crippen molar-refractivity contribution >= 4 is 26.7 Å². The maximum atomic E-state index is 9.70. The molecule has 158 valence electrons. The van der Waals surface area contributed by atoms with Crippen molar-refractivity contribution in [2.75, 3.05) is 18.1 Å². The Bertz CT molecular complexity index is 815. The number of nitrogens with one attached hydrogen (secondary N) is 1. The lowest BCUT2D eigenvalue weighted by atomic mass is 10.1. The summed E-state index contributed by atoms with van der Waals surface area (Å²) < 4.78 is 25.9. The summed E-state index contributed by atoms with van der Waals surface area (Å²) in [7, 11) is -3.67. The number of benzene rings is 1. The Morgan fingerprint density at radius 1 is 1.00 bits per heavy atom. The van der Waals surface area contributed by atoms with Crippen molar-refractivity contribution in [2.24, 2.45) is 0 Å². The number of rotatable bonds is 10. The molecular weight excluding hydrogens is 376 g/mol. The number of pyridine rings is 1. The molecule has 6 nitrogen and oxygen atoms in total. The van der Waals surface area contributed by atoms with E-state index in [1.165, 1.54) is 51.4 Å². The third-order valence-corrected chi connectivity index (χ3v) is 4.27. The minimum absolute atomic E-state index is 0.290. The minimum Gasteiger partial charge on any atom is -0.508 e. The van der Waals surface area contributed by atoms with Gasteiger partial charge in [-0.1, -0.05) is 51.9 Å². The fraction of sp³-hybridized carbons (Fsp3) is 0.571. The van der Waals surface area contributed by atoms with Gasteiger partial charge in [0.25, 0.3) is 10.1 Å². The molecule has 2 aromatic rings. The van der Waals surface area contributed by atoms with E-state index >= 15 is 0 Å². The number of aromatic nitrogens is 1. The fourth-order valence-electron chi connectivity index (χ4n) is 2.97. The van der Waals surface area contributed by atoms with Crippen LogP contribution in [0.25, 0.3) is 10.9 Å². The van der Waals surface area contributed by atoms with Crippen LogP contribution < -0.4 is 5.32 Å². The van der Waals surface area contributed by atoms with Gasteiger partial charge in [0.15, 0.2) is 0 Å². The number of hydrogen-bond donors (Lipinski definition) is 3. The standard InChI is InChI=1S/C20H30N2O.CH4O3S/c1-3-4-5-6-7-8-9-10-13-21-20-14-16(2)22-19-12-11-17(23)15-18(19)20;1-5(2,3)4/h11-12,14-15,23H,3-10,13H2,1-2H3,(H,21,22);1H3,(H,2,3,4). The molecular formula is C21H34N2O4S. The van der Waals surface area contributed by atoms with E-state index in [4.69, 9.17) is 4.55 Å². The average molecular weight is 411 g/mol. The van der Waals surface area contributed by atoms with Gasteiger partial charge in [-0.25, -0.2) is 0 Å². The molecule has 0 saturated carbocycles. The summed E-state index contributed by atoms with van der Waals surface area (Å²) in [5.41, 5.74) is 3.01. The second kappa shape index (κ2) is 12.6. The van der Waals surface area contributed by atoms with Crippen molar-refractivity contribution in [3.8, 4) is 5.75 Å². The first-order valence-electron chi connectivity index (χ1n) is 9.97. The number of phenols is 1. The normalized spacial score (nSPS) is 11.1. The van der Waals surface area contributed by atoms with Crippen LogP contribution in [0.1, 0.15) is 64.0 Å². The average Bonchev–Trinajstić information content (AvgIpc) is 2.59. The summed E-state index contributed by atoms with van der Waals surface area (Å²) in [6.45, 7) is 5.24. The third kappa shape index (κ3) is 11.1. The topological polar surface area (TPSA) is 99.5 Å². The Kier molecular flexibility index (Phi) is 10.9. The first kappa shape index (κ1) is 24.2. The second-order valence-electron chi connectivity index (χ2n) is 7.15. The Balaban J connectivity index is 0.000000696. The molecule has 0 unspecified atom stereocenters. The molecule has 0 saturated heterocycles. The van der Waals surface area contributed by atoms with E-state index in [1.807, 2.05) is 13.0 Å². The number of nitrogens with zero attached hydrogens (tertiary/aromatic N) is 1. The predicted molar refractivity (Wildman–Crippen MR) is 117 cm³/mol. The summed E-state index contributed by atoms with van der Waals surface area (Å²) in [4.78, 5) is 4.52. The first-order valence-corrected chi connectivity index (χ1v) is 11.8. The van der Waals surface area contributed by atoms with Crippen LogP contribution in [0.3, 0.4) is 0 Å². The lowest BCUT2D eigenvalue weighted by molar-refractivity contribution is 0.476. The van der Waals surface area contributed by atoms with Crippen LogP contribution in [0, 0.1) is 6.92 Å². The van der Waals surface area contributed by atoms with E-state index in [1.54, 1.807) is 12.1 Å². The molecule has 2 rings (SSSR count). The van der Waals surface area contributed by atoms with Crippen molar-refractivity contribution in [3.05, 3.63) is 30.0 Å². The van der Waals surface area contributed by atoms with E-state index in [0.29, 0.717) is 12.0 Å². The Hall–Kier alpha value is -1.86. The van der Waals surface area contributed by atoms with Gasteiger partial charge in [-0.05, 0) is 37.6 Å². The zero-order chi connectivity index (χ0) is 21.0. The van der Waals surface area contributed by atoms with Gasteiger partial charge in [-0.2, -0.15) is 8.42 Å². The van der Waals surface area contributed by atoms with Crippen LogP contribution in [0.2, 0.25) is 0 Å². The second-order valence-corrected chi connectivity index (χ2v) is 8.61. The van der Waals surface area contributed by atoms with E-state index in [9.17, 15) is 13.5 Å². The van der Waals surface area contributed by atoms with Gasteiger partial charge >= 0.3 is 0 Å². The fourth-order valence-corrected chi connectivity index (χ4v) is 2.97. The van der Waals surface area contributed by atoms with Crippen LogP contribution in [-0.4, -0.2) is 35.9 Å². The monoisotopic (exact) mass is 410 g/mol. The van der Waals surface area contributed by atoms with E-state index in [0.717, 1.165) is 28.8 Å². The highest BCUT2D eigenvalue weighted by atomic mass is 32.2. The SMILES string of the molecule is CCCCCCCCCCNc1cc(C)nc2ccc(O)cc12.CS(=O)(=O)O. The van der Waals surface area contributed by atoms with E-state index in [-0.39, 0.29) is 0 Å². The van der Waals surface area contributed by atoms with Gasteiger partial charge in [0.05, 0.1) is 11.8 Å². The lowest BCUT2D eigenvalue weighted by Crippen LogP contribution is -2.03. The molecule has 0 radical (unpaired) electrons. The van der Waals surface area contributed by atoms with Crippen molar-refractivity contribution < 1.29 is 18.1 Å². The third-order valence-electron chi connectivity index (χ3n) is 4.27. The lowest BCUT2D eigenvalue weighted by Gasteiger charge is -2.11. The maximum absolute atomic E-state index is 9.70. The highest BCUT2D eigenvalue weighted by Gasteiger charge is 2.04. The van der Waals surface area contributed by atoms with Gasteiger partial charge < -0.3 is 10.4 Å². The summed E-state index contributed by atoms with van der Waals surface area (Å²) in [6, 6.07) is 7.42.